The third-order valence-corrected chi connectivity index (χ3v) is 2.57. The van der Waals surface area contributed by atoms with Crippen LogP contribution in [0.3, 0.4) is 0 Å². The highest BCUT2D eigenvalue weighted by molar-refractivity contribution is 5.79. The van der Waals surface area contributed by atoms with Crippen LogP contribution in [0.1, 0.15) is 17.2 Å². The van der Waals surface area contributed by atoms with Crippen molar-refractivity contribution in [1.29, 1.82) is 0 Å². The quantitative estimate of drug-likeness (QED) is 0.823. The second-order valence-corrected chi connectivity index (χ2v) is 3.97. The van der Waals surface area contributed by atoms with Crippen LogP contribution in [-0.2, 0) is 0 Å². The van der Waals surface area contributed by atoms with Crippen LogP contribution in [0.4, 0.5) is 4.39 Å². The highest BCUT2D eigenvalue weighted by Gasteiger charge is 2.04. The van der Waals surface area contributed by atoms with Gasteiger partial charge >= 0.3 is 0 Å². The fourth-order valence-corrected chi connectivity index (χ4v) is 1.59. The molecule has 92 valence electrons. The van der Waals surface area contributed by atoms with E-state index < -0.39 is 6.10 Å². The van der Waals surface area contributed by atoms with Gasteiger partial charge < -0.3 is 5.11 Å². The minimum atomic E-state index is -0.608. The molecular formula is C15H14FNO. The molecule has 0 saturated carbocycles. The number of aliphatic imine (C=N–C) groups is 1. The first-order chi connectivity index (χ1) is 8.75. The normalized spacial score (nSPS) is 12.8. The van der Waals surface area contributed by atoms with E-state index in [-0.39, 0.29) is 5.82 Å². The Labute approximate surface area is 105 Å². The fraction of sp³-hybridized carbons (Fsp3) is 0.133. The number of nitrogens with zero attached hydrogens (tertiary/aromatic N) is 1. The van der Waals surface area contributed by atoms with Gasteiger partial charge in [-0.15, -0.1) is 0 Å². The molecule has 0 heterocycles. The molecule has 0 aliphatic rings. The van der Waals surface area contributed by atoms with Gasteiger partial charge in [-0.05, 0) is 23.3 Å². The van der Waals surface area contributed by atoms with E-state index in [1.54, 1.807) is 18.3 Å². The molecule has 18 heavy (non-hydrogen) atoms. The van der Waals surface area contributed by atoms with Crippen molar-refractivity contribution in [3.8, 4) is 0 Å². The summed E-state index contributed by atoms with van der Waals surface area (Å²) in [7, 11) is 0. The Balaban J connectivity index is 1.93. The molecule has 1 N–H and O–H groups in total. The van der Waals surface area contributed by atoms with Gasteiger partial charge in [-0.3, -0.25) is 4.99 Å². The molecule has 2 aromatic rings. The smallest absolute Gasteiger partial charge is 0.123 e. The van der Waals surface area contributed by atoms with Crippen LogP contribution in [-0.4, -0.2) is 17.9 Å². The molecule has 0 saturated heterocycles. The SMILES string of the molecule is O[C@@H](CN=Cc1ccc(F)cc1)c1ccccc1. The molecule has 0 unspecified atom stereocenters. The predicted octanol–water partition coefficient (Wildman–Crippen LogP) is 2.98. The Bertz CT molecular complexity index is 508. The molecule has 2 nitrogen and oxygen atoms in total. The zero-order chi connectivity index (χ0) is 12.8. The summed E-state index contributed by atoms with van der Waals surface area (Å²) >= 11 is 0. The molecule has 0 aromatic heterocycles. The Morgan fingerprint density at radius 3 is 2.39 bits per heavy atom. The van der Waals surface area contributed by atoms with Gasteiger partial charge in [0.1, 0.15) is 5.82 Å². The van der Waals surface area contributed by atoms with Crippen molar-refractivity contribution in [2.75, 3.05) is 6.54 Å². The molecule has 0 aliphatic heterocycles. The largest absolute Gasteiger partial charge is 0.386 e. The minimum Gasteiger partial charge on any atom is -0.386 e. The molecule has 2 rings (SSSR count). The van der Waals surface area contributed by atoms with Crippen molar-refractivity contribution < 1.29 is 9.50 Å². The minimum absolute atomic E-state index is 0.267. The molecule has 0 radical (unpaired) electrons. The van der Waals surface area contributed by atoms with E-state index in [1.165, 1.54) is 12.1 Å². The Kier molecular flexibility index (Phi) is 4.20. The van der Waals surface area contributed by atoms with Crippen LogP contribution in [0.25, 0.3) is 0 Å². The standard InChI is InChI=1S/C15H14FNO/c16-14-8-6-12(7-9-14)10-17-11-15(18)13-4-2-1-3-5-13/h1-10,15,18H,11H2/t15-/m0/s1. The highest BCUT2D eigenvalue weighted by Crippen LogP contribution is 2.12. The lowest BCUT2D eigenvalue weighted by Gasteiger charge is -2.06. The van der Waals surface area contributed by atoms with E-state index in [1.807, 2.05) is 30.3 Å². The van der Waals surface area contributed by atoms with Gasteiger partial charge in [-0.1, -0.05) is 42.5 Å². The van der Waals surface area contributed by atoms with E-state index in [4.69, 9.17) is 0 Å². The van der Waals surface area contributed by atoms with Gasteiger partial charge in [0.05, 0.1) is 12.6 Å². The van der Waals surface area contributed by atoms with Gasteiger partial charge in [0.2, 0.25) is 0 Å². The summed E-state index contributed by atoms with van der Waals surface area (Å²) in [5.41, 5.74) is 1.66. The number of rotatable bonds is 4. The maximum atomic E-state index is 12.7. The highest BCUT2D eigenvalue weighted by atomic mass is 19.1. The Morgan fingerprint density at radius 1 is 1.06 bits per heavy atom. The first-order valence-electron chi connectivity index (χ1n) is 5.74. The van der Waals surface area contributed by atoms with Crippen molar-refractivity contribution in [3.63, 3.8) is 0 Å². The number of halogens is 1. The van der Waals surface area contributed by atoms with Crippen molar-refractivity contribution in [2.45, 2.75) is 6.10 Å². The second-order valence-electron chi connectivity index (χ2n) is 3.97. The number of aliphatic hydroxyl groups excluding tert-OH is 1. The van der Waals surface area contributed by atoms with E-state index >= 15 is 0 Å². The lowest BCUT2D eigenvalue weighted by molar-refractivity contribution is 0.187. The first kappa shape index (κ1) is 12.5. The van der Waals surface area contributed by atoms with Crippen molar-refractivity contribution in [1.82, 2.24) is 0 Å². The zero-order valence-electron chi connectivity index (χ0n) is 9.83. The van der Waals surface area contributed by atoms with Crippen LogP contribution >= 0.6 is 0 Å². The molecule has 0 aliphatic carbocycles. The summed E-state index contributed by atoms with van der Waals surface area (Å²) in [6, 6.07) is 15.4. The van der Waals surface area contributed by atoms with Gasteiger partial charge in [0.15, 0.2) is 0 Å². The maximum Gasteiger partial charge on any atom is 0.123 e. The van der Waals surface area contributed by atoms with Crippen LogP contribution in [0, 0.1) is 5.82 Å². The third-order valence-electron chi connectivity index (χ3n) is 2.57. The van der Waals surface area contributed by atoms with E-state index in [0.717, 1.165) is 11.1 Å². The number of hydrogen-bond acceptors (Lipinski definition) is 2. The van der Waals surface area contributed by atoms with Crippen LogP contribution in [0.2, 0.25) is 0 Å². The average Bonchev–Trinajstić information content (AvgIpc) is 2.42. The summed E-state index contributed by atoms with van der Waals surface area (Å²) in [4.78, 5) is 4.15. The van der Waals surface area contributed by atoms with Crippen molar-refractivity contribution >= 4 is 6.21 Å². The van der Waals surface area contributed by atoms with E-state index in [9.17, 15) is 9.50 Å². The van der Waals surface area contributed by atoms with Crippen LogP contribution < -0.4 is 0 Å². The summed E-state index contributed by atoms with van der Waals surface area (Å²) < 4.78 is 12.7. The van der Waals surface area contributed by atoms with E-state index in [2.05, 4.69) is 4.99 Å². The third kappa shape index (κ3) is 3.50. The predicted molar refractivity (Wildman–Crippen MR) is 70.3 cm³/mol. The second kappa shape index (κ2) is 6.07. The molecule has 2 aromatic carbocycles. The molecule has 0 bridgehead atoms. The summed E-state index contributed by atoms with van der Waals surface area (Å²) in [6.07, 6.45) is 1.02. The topological polar surface area (TPSA) is 32.6 Å². The monoisotopic (exact) mass is 243 g/mol. The van der Waals surface area contributed by atoms with Crippen LogP contribution in [0.5, 0.6) is 0 Å². The maximum absolute atomic E-state index is 12.7. The lowest BCUT2D eigenvalue weighted by atomic mass is 10.1. The summed E-state index contributed by atoms with van der Waals surface area (Å²) in [5, 5.41) is 9.87. The molecular weight excluding hydrogens is 229 g/mol. The summed E-state index contributed by atoms with van der Waals surface area (Å²) in [6.45, 7) is 0.293. The van der Waals surface area contributed by atoms with Gasteiger partial charge in [0.25, 0.3) is 0 Å². The molecule has 0 fully saturated rings. The van der Waals surface area contributed by atoms with Gasteiger partial charge in [-0.25, -0.2) is 4.39 Å². The average molecular weight is 243 g/mol. The van der Waals surface area contributed by atoms with Gasteiger partial charge in [-0.2, -0.15) is 0 Å². The number of hydrogen-bond donors (Lipinski definition) is 1. The molecule has 3 heteroatoms. The zero-order valence-corrected chi connectivity index (χ0v) is 9.83. The number of aliphatic hydroxyl groups is 1. The Hall–Kier alpha value is -2.00. The van der Waals surface area contributed by atoms with Crippen molar-refractivity contribution in [3.05, 3.63) is 71.5 Å². The molecule has 0 amide bonds. The molecule has 0 spiro atoms. The van der Waals surface area contributed by atoms with E-state index in [0.29, 0.717) is 6.54 Å². The number of benzene rings is 2. The first-order valence-corrected chi connectivity index (χ1v) is 5.74. The summed E-state index contributed by atoms with van der Waals surface area (Å²) in [5.74, 6) is -0.267. The van der Waals surface area contributed by atoms with Crippen molar-refractivity contribution in [2.24, 2.45) is 4.99 Å². The van der Waals surface area contributed by atoms with Crippen LogP contribution in [0.15, 0.2) is 59.6 Å². The Morgan fingerprint density at radius 2 is 1.72 bits per heavy atom. The molecule has 1 atom stereocenters. The fourth-order valence-electron chi connectivity index (χ4n) is 1.59. The van der Waals surface area contributed by atoms with Gasteiger partial charge in [0, 0.05) is 6.21 Å². The lowest BCUT2D eigenvalue weighted by Crippen LogP contribution is -2.01.